The Morgan fingerprint density at radius 1 is 0.905 bits per heavy atom. The summed E-state index contributed by atoms with van der Waals surface area (Å²) in [6.45, 7) is 2.24. The topological polar surface area (TPSA) is 27.7 Å². The second kappa shape index (κ2) is 9.93. The van der Waals surface area contributed by atoms with Crippen molar-refractivity contribution in [1.29, 1.82) is 0 Å². The molecule has 0 saturated heterocycles. The van der Waals surface area contributed by atoms with Crippen LogP contribution < -0.4 is 14.2 Å². The molecule has 21 heavy (non-hydrogen) atoms. The Morgan fingerprint density at radius 2 is 1.57 bits per heavy atom. The van der Waals surface area contributed by atoms with Crippen LogP contribution in [0.3, 0.4) is 0 Å². The van der Waals surface area contributed by atoms with E-state index >= 15 is 0 Å². The maximum Gasteiger partial charge on any atom is 0.203 e. The molecule has 1 aromatic rings. The van der Waals surface area contributed by atoms with Crippen LogP contribution in [0, 0.1) is 0 Å². The molecule has 0 aliphatic rings. The van der Waals surface area contributed by atoms with Gasteiger partial charge in [-0.1, -0.05) is 61.0 Å². The van der Waals surface area contributed by atoms with Crippen molar-refractivity contribution in [2.24, 2.45) is 0 Å². The fourth-order valence-electron chi connectivity index (χ4n) is 2.45. The first kappa shape index (κ1) is 18.1. The van der Waals surface area contributed by atoms with Crippen LogP contribution in [0.2, 0.25) is 0 Å². The summed E-state index contributed by atoms with van der Waals surface area (Å²) in [5.41, 5.74) is 1.12. The molecule has 1 unspecified atom stereocenters. The molecular weight excluding hydrogens is 332 g/mol. The van der Waals surface area contributed by atoms with Gasteiger partial charge < -0.3 is 14.2 Å². The highest BCUT2D eigenvalue weighted by molar-refractivity contribution is 9.09. The van der Waals surface area contributed by atoms with E-state index in [2.05, 4.69) is 22.9 Å². The van der Waals surface area contributed by atoms with E-state index in [0.717, 1.165) is 17.7 Å². The molecule has 0 aliphatic carbocycles. The van der Waals surface area contributed by atoms with E-state index in [1.807, 2.05) is 12.1 Å². The van der Waals surface area contributed by atoms with E-state index < -0.39 is 0 Å². The first-order chi connectivity index (χ1) is 10.2. The van der Waals surface area contributed by atoms with Gasteiger partial charge in [-0.15, -0.1) is 0 Å². The number of hydrogen-bond acceptors (Lipinski definition) is 3. The van der Waals surface area contributed by atoms with E-state index in [0.29, 0.717) is 11.5 Å². The van der Waals surface area contributed by atoms with Crippen LogP contribution in [0.15, 0.2) is 12.1 Å². The van der Waals surface area contributed by atoms with Crippen LogP contribution in [0.4, 0.5) is 0 Å². The molecule has 3 nitrogen and oxygen atoms in total. The molecule has 0 aromatic heterocycles. The zero-order valence-electron chi connectivity index (χ0n) is 13.6. The quantitative estimate of drug-likeness (QED) is 0.407. The molecule has 1 atom stereocenters. The van der Waals surface area contributed by atoms with E-state index in [9.17, 15) is 0 Å². The number of ether oxygens (including phenoxy) is 3. The second-order valence-electron chi connectivity index (χ2n) is 5.09. The van der Waals surface area contributed by atoms with E-state index in [1.54, 1.807) is 21.3 Å². The predicted molar refractivity (Wildman–Crippen MR) is 91.1 cm³/mol. The van der Waals surface area contributed by atoms with Crippen LogP contribution in [0.25, 0.3) is 0 Å². The summed E-state index contributed by atoms with van der Waals surface area (Å²) < 4.78 is 16.3. The lowest BCUT2D eigenvalue weighted by Gasteiger charge is -2.18. The Morgan fingerprint density at radius 3 is 2.14 bits per heavy atom. The maximum absolute atomic E-state index is 5.54. The standard InChI is InChI=1S/C17H27BrO3/c1-5-6-7-8-9-10-14(18)13-11-12-15(19-2)17(21-4)16(13)20-3/h11-12,14H,5-10H2,1-4H3. The molecule has 0 amide bonds. The summed E-state index contributed by atoms with van der Waals surface area (Å²) in [4.78, 5) is 0.272. The van der Waals surface area contributed by atoms with Crippen molar-refractivity contribution in [3.8, 4) is 17.2 Å². The number of methoxy groups -OCH3 is 3. The van der Waals surface area contributed by atoms with Crippen LogP contribution >= 0.6 is 15.9 Å². The molecule has 0 bridgehead atoms. The summed E-state index contributed by atoms with van der Waals surface area (Å²) in [7, 11) is 4.94. The largest absolute Gasteiger partial charge is 0.493 e. The second-order valence-corrected chi connectivity index (χ2v) is 6.20. The van der Waals surface area contributed by atoms with E-state index in [-0.39, 0.29) is 4.83 Å². The molecule has 0 spiro atoms. The molecule has 0 saturated carbocycles. The van der Waals surface area contributed by atoms with Gasteiger partial charge in [0, 0.05) is 10.4 Å². The molecule has 0 heterocycles. The lowest BCUT2D eigenvalue weighted by Crippen LogP contribution is -2.00. The van der Waals surface area contributed by atoms with Crippen molar-refractivity contribution in [3.05, 3.63) is 17.7 Å². The van der Waals surface area contributed by atoms with Crippen molar-refractivity contribution in [2.75, 3.05) is 21.3 Å². The van der Waals surface area contributed by atoms with Crippen molar-refractivity contribution < 1.29 is 14.2 Å². The molecule has 1 rings (SSSR count). The Hall–Kier alpha value is -0.900. The third-order valence-corrected chi connectivity index (χ3v) is 4.58. The van der Waals surface area contributed by atoms with Gasteiger partial charge in [0.15, 0.2) is 11.5 Å². The zero-order valence-corrected chi connectivity index (χ0v) is 15.2. The Bertz CT molecular complexity index is 421. The Labute approximate surface area is 137 Å². The van der Waals surface area contributed by atoms with Crippen molar-refractivity contribution in [1.82, 2.24) is 0 Å². The number of alkyl halides is 1. The summed E-state index contributed by atoms with van der Waals surface area (Å²) >= 11 is 3.78. The summed E-state index contributed by atoms with van der Waals surface area (Å²) in [6, 6.07) is 3.98. The van der Waals surface area contributed by atoms with E-state index in [1.165, 1.54) is 32.1 Å². The Kier molecular flexibility index (Phi) is 8.58. The SMILES string of the molecule is CCCCCCCC(Br)c1ccc(OC)c(OC)c1OC. The molecule has 0 aliphatic heterocycles. The van der Waals surface area contributed by atoms with Gasteiger partial charge in [-0.25, -0.2) is 0 Å². The third kappa shape index (κ3) is 5.10. The van der Waals surface area contributed by atoms with Gasteiger partial charge >= 0.3 is 0 Å². The Balaban J connectivity index is 2.77. The predicted octanol–water partition coefficient (Wildman–Crippen LogP) is 5.51. The highest BCUT2D eigenvalue weighted by atomic mass is 79.9. The number of rotatable bonds is 10. The summed E-state index contributed by atoms with van der Waals surface area (Å²) in [6.07, 6.45) is 7.52. The normalized spacial score (nSPS) is 12.0. The number of hydrogen-bond donors (Lipinski definition) is 0. The average Bonchev–Trinajstić information content (AvgIpc) is 2.52. The molecule has 0 N–H and O–H groups in total. The number of benzene rings is 1. The van der Waals surface area contributed by atoms with Crippen LogP contribution in [-0.4, -0.2) is 21.3 Å². The first-order valence-corrected chi connectivity index (χ1v) is 8.54. The average molecular weight is 359 g/mol. The minimum atomic E-state index is 0.272. The minimum Gasteiger partial charge on any atom is -0.493 e. The zero-order chi connectivity index (χ0) is 15.7. The van der Waals surface area contributed by atoms with Crippen LogP contribution in [0.1, 0.15) is 55.8 Å². The van der Waals surface area contributed by atoms with Crippen LogP contribution in [0.5, 0.6) is 17.2 Å². The van der Waals surface area contributed by atoms with Gasteiger partial charge in [-0.05, 0) is 12.5 Å². The molecule has 1 aromatic carbocycles. The van der Waals surface area contributed by atoms with Gasteiger partial charge in [0.05, 0.1) is 21.3 Å². The fraction of sp³-hybridized carbons (Fsp3) is 0.647. The molecule has 4 heteroatoms. The van der Waals surface area contributed by atoms with Crippen LogP contribution in [-0.2, 0) is 0 Å². The minimum absolute atomic E-state index is 0.272. The highest BCUT2D eigenvalue weighted by Crippen LogP contribution is 2.45. The lowest BCUT2D eigenvalue weighted by molar-refractivity contribution is 0.322. The third-order valence-electron chi connectivity index (χ3n) is 3.63. The van der Waals surface area contributed by atoms with Gasteiger partial charge in [0.2, 0.25) is 5.75 Å². The molecule has 0 radical (unpaired) electrons. The fourth-order valence-corrected chi connectivity index (χ4v) is 3.14. The van der Waals surface area contributed by atoms with Crippen molar-refractivity contribution in [3.63, 3.8) is 0 Å². The monoisotopic (exact) mass is 358 g/mol. The molecule has 0 fully saturated rings. The summed E-state index contributed by atoms with van der Waals surface area (Å²) in [5, 5.41) is 0. The molecule has 120 valence electrons. The highest BCUT2D eigenvalue weighted by Gasteiger charge is 2.20. The van der Waals surface area contributed by atoms with Crippen molar-refractivity contribution >= 4 is 15.9 Å². The number of unbranched alkanes of at least 4 members (excludes halogenated alkanes) is 4. The van der Waals surface area contributed by atoms with Gasteiger partial charge in [-0.3, -0.25) is 0 Å². The first-order valence-electron chi connectivity index (χ1n) is 7.62. The maximum atomic E-state index is 5.54. The smallest absolute Gasteiger partial charge is 0.203 e. The van der Waals surface area contributed by atoms with E-state index in [4.69, 9.17) is 14.2 Å². The van der Waals surface area contributed by atoms with Gasteiger partial charge in [0.25, 0.3) is 0 Å². The number of halogens is 1. The lowest BCUT2D eigenvalue weighted by atomic mass is 10.0. The summed E-state index contributed by atoms with van der Waals surface area (Å²) in [5.74, 6) is 2.11. The molecular formula is C17H27BrO3. The van der Waals surface area contributed by atoms with Gasteiger partial charge in [0.1, 0.15) is 0 Å². The van der Waals surface area contributed by atoms with Gasteiger partial charge in [-0.2, -0.15) is 0 Å². The van der Waals surface area contributed by atoms with Crippen molar-refractivity contribution in [2.45, 2.75) is 50.3 Å².